The second kappa shape index (κ2) is 73.6. The van der Waals surface area contributed by atoms with Crippen molar-refractivity contribution < 1.29 is 49.3 Å². The Hall–Kier alpha value is -2.64. The summed E-state index contributed by atoms with van der Waals surface area (Å²) in [5.74, 6) is -0.170. The van der Waals surface area contributed by atoms with Gasteiger partial charge in [0.05, 0.1) is 32.0 Å². The van der Waals surface area contributed by atoms with Gasteiger partial charge in [0, 0.05) is 12.8 Å². The Kier molecular flexibility index (Phi) is 70.0. The Morgan fingerprint density at radius 3 is 1.06 bits per heavy atom. The van der Waals surface area contributed by atoms with Crippen LogP contribution in [-0.2, 0) is 23.8 Å². The third kappa shape index (κ3) is 61.2. The lowest BCUT2D eigenvalue weighted by molar-refractivity contribution is -0.302. The van der Waals surface area contributed by atoms with Gasteiger partial charge < -0.3 is 45.1 Å². The summed E-state index contributed by atoms with van der Waals surface area (Å²) in [6.07, 6.45) is 89.8. The molecule has 7 atom stereocenters. The quantitative estimate of drug-likeness (QED) is 0.0195. The molecule has 1 aliphatic heterocycles. The number of hydrogen-bond donors (Lipinski definition) is 6. The van der Waals surface area contributed by atoms with Gasteiger partial charge in [0.15, 0.2) is 6.29 Å². The molecule has 0 aliphatic carbocycles. The van der Waals surface area contributed by atoms with E-state index in [0.29, 0.717) is 19.4 Å². The lowest BCUT2D eigenvalue weighted by Crippen LogP contribution is -2.60. The first kappa shape index (κ1) is 91.4. The fourth-order valence-corrected chi connectivity index (χ4v) is 13.1. The van der Waals surface area contributed by atoms with Crippen molar-refractivity contribution >= 4 is 11.9 Å². The summed E-state index contributed by atoms with van der Waals surface area (Å²) < 4.78 is 16.8. The second-order valence-electron chi connectivity index (χ2n) is 28.8. The SMILES string of the molecule is CCCCCC/C=C\C/C=C\CCCCCCCCCC(=O)OCCCCCCCCCCCCCCCCC/C=C\C/C=C\CCCCCCCCCCCCCCCCCCCC(=O)NC(COC1OC(CO)C(O)C(O)C1O)C(O)/C=C/CCCCCCCCCCC. The van der Waals surface area contributed by atoms with E-state index in [2.05, 4.69) is 67.8 Å². The van der Waals surface area contributed by atoms with Gasteiger partial charge in [-0.05, 0) is 96.3 Å². The van der Waals surface area contributed by atoms with Crippen molar-refractivity contribution in [3.05, 3.63) is 60.8 Å². The number of carbonyl (C=O) groups excluding carboxylic acids is 2. The van der Waals surface area contributed by atoms with E-state index < -0.39 is 49.5 Å². The van der Waals surface area contributed by atoms with E-state index in [-0.39, 0.29) is 18.5 Å². The van der Waals surface area contributed by atoms with Crippen LogP contribution in [0.25, 0.3) is 0 Å². The van der Waals surface area contributed by atoms with Crippen LogP contribution < -0.4 is 5.32 Å². The van der Waals surface area contributed by atoms with Crippen molar-refractivity contribution in [3.8, 4) is 0 Å². The molecule has 7 unspecified atom stereocenters. The smallest absolute Gasteiger partial charge is 0.305 e. The van der Waals surface area contributed by atoms with E-state index in [1.54, 1.807) is 6.08 Å². The number of amides is 1. The third-order valence-electron chi connectivity index (χ3n) is 19.6. The van der Waals surface area contributed by atoms with Crippen LogP contribution in [0.2, 0.25) is 0 Å². The van der Waals surface area contributed by atoms with Gasteiger partial charge in [-0.15, -0.1) is 0 Å². The van der Waals surface area contributed by atoms with E-state index in [0.717, 1.165) is 70.6 Å². The molecule has 0 radical (unpaired) electrons. The van der Waals surface area contributed by atoms with Gasteiger partial charge in [-0.25, -0.2) is 0 Å². The number of aliphatic hydroxyl groups excluding tert-OH is 5. The molecule has 1 heterocycles. The van der Waals surface area contributed by atoms with E-state index in [4.69, 9.17) is 14.2 Å². The molecule has 562 valence electrons. The molecule has 0 spiro atoms. The highest BCUT2D eigenvalue weighted by Crippen LogP contribution is 2.24. The topological polar surface area (TPSA) is 175 Å². The highest BCUT2D eigenvalue weighted by atomic mass is 16.7. The summed E-state index contributed by atoms with van der Waals surface area (Å²) >= 11 is 0. The minimum Gasteiger partial charge on any atom is -0.466 e. The van der Waals surface area contributed by atoms with E-state index in [1.807, 2.05) is 6.08 Å². The fourth-order valence-electron chi connectivity index (χ4n) is 13.1. The molecule has 6 N–H and O–H groups in total. The van der Waals surface area contributed by atoms with Crippen LogP contribution in [0.3, 0.4) is 0 Å². The minimum absolute atomic E-state index is 0.00750. The number of unbranched alkanes of at least 4 members (excludes halogenated alkanes) is 52. The van der Waals surface area contributed by atoms with Crippen molar-refractivity contribution in [2.24, 2.45) is 0 Å². The van der Waals surface area contributed by atoms with Crippen molar-refractivity contribution in [1.29, 1.82) is 0 Å². The van der Waals surface area contributed by atoms with Crippen LogP contribution in [0.5, 0.6) is 0 Å². The average Bonchev–Trinajstić information content (AvgIpc) is 0.844. The molecule has 0 saturated carbocycles. The molecule has 1 amide bonds. The van der Waals surface area contributed by atoms with Crippen molar-refractivity contribution in [2.45, 2.75) is 448 Å². The maximum atomic E-state index is 13.1. The van der Waals surface area contributed by atoms with Crippen LogP contribution in [0.1, 0.15) is 406 Å². The Morgan fingerprint density at radius 1 is 0.385 bits per heavy atom. The largest absolute Gasteiger partial charge is 0.466 e. The Morgan fingerprint density at radius 2 is 0.698 bits per heavy atom. The van der Waals surface area contributed by atoms with Gasteiger partial charge >= 0.3 is 5.97 Å². The summed E-state index contributed by atoms with van der Waals surface area (Å²) in [7, 11) is 0. The zero-order valence-electron chi connectivity index (χ0n) is 62.8. The van der Waals surface area contributed by atoms with E-state index in [9.17, 15) is 35.1 Å². The maximum absolute atomic E-state index is 13.1. The molecular formula is C85H157NO10. The van der Waals surface area contributed by atoms with Gasteiger partial charge in [-0.3, -0.25) is 9.59 Å². The molecule has 96 heavy (non-hydrogen) atoms. The molecule has 0 bridgehead atoms. The molecule has 11 heteroatoms. The zero-order valence-corrected chi connectivity index (χ0v) is 62.8. The number of rotatable bonds is 74. The van der Waals surface area contributed by atoms with Crippen LogP contribution in [0.15, 0.2) is 60.8 Å². The highest BCUT2D eigenvalue weighted by molar-refractivity contribution is 5.76. The predicted octanol–water partition coefficient (Wildman–Crippen LogP) is 22.8. The number of aliphatic hydroxyl groups is 5. The van der Waals surface area contributed by atoms with Gasteiger partial charge in [0.2, 0.25) is 5.91 Å². The fraction of sp³-hybridized carbons (Fsp3) is 0.859. The van der Waals surface area contributed by atoms with Crippen molar-refractivity contribution in [1.82, 2.24) is 5.32 Å². The number of nitrogens with one attached hydrogen (secondary N) is 1. The van der Waals surface area contributed by atoms with Crippen molar-refractivity contribution in [3.63, 3.8) is 0 Å². The first-order valence-corrected chi connectivity index (χ1v) is 41.6. The second-order valence-corrected chi connectivity index (χ2v) is 28.8. The summed E-state index contributed by atoms with van der Waals surface area (Å²) in [5, 5.41) is 54.5. The Bertz CT molecular complexity index is 1780. The zero-order chi connectivity index (χ0) is 69.4. The normalized spacial score (nSPS) is 17.6. The summed E-state index contributed by atoms with van der Waals surface area (Å²) in [4.78, 5) is 25.2. The van der Waals surface area contributed by atoms with E-state index in [1.165, 1.54) is 308 Å². The lowest BCUT2D eigenvalue weighted by Gasteiger charge is -2.40. The van der Waals surface area contributed by atoms with Crippen LogP contribution in [0.4, 0.5) is 0 Å². The number of hydrogen-bond acceptors (Lipinski definition) is 10. The molecule has 0 aromatic rings. The van der Waals surface area contributed by atoms with Crippen molar-refractivity contribution in [2.75, 3.05) is 19.8 Å². The molecule has 11 nitrogen and oxygen atoms in total. The molecule has 0 aromatic heterocycles. The monoisotopic (exact) mass is 1350 g/mol. The first-order valence-electron chi connectivity index (χ1n) is 41.6. The van der Waals surface area contributed by atoms with Gasteiger partial charge in [0.25, 0.3) is 0 Å². The molecule has 0 aromatic carbocycles. The molecule has 1 fully saturated rings. The molecule has 1 saturated heterocycles. The number of allylic oxidation sites excluding steroid dienone is 9. The van der Waals surface area contributed by atoms with Gasteiger partial charge in [-0.1, -0.05) is 357 Å². The standard InChI is InChI=1S/C85H157NO10/c1-3-5-7-9-11-13-15-16-17-18-43-46-49-53-57-61-65-69-73-81(90)94-74-70-66-62-58-54-50-47-44-41-39-37-35-33-31-29-27-25-23-21-19-20-22-24-26-28-30-32-34-36-38-40-42-45-48-52-56-60-64-68-72-80(89)86-77(76-95-85-84(93)83(92)82(91)79(75-87)96-85)78(88)71-67-63-59-55-51-14-12-10-8-6-4-2/h13,15,17-20,23,25,67,71,77-79,82-85,87-88,91-93H,3-12,14,16,21-22,24,26-66,68-70,72-76H2,1-2H3,(H,86,89)/b15-13-,18-17-,20-19-,25-23-,71-67+. The van der Waals surface area contributed by atoms with Crippen LogP contribution >= 0.6 is 0 Å². The van der Waals surface area contributed by atoms with E-state index >= 15 is 0 Å². The van der Waals surface area contributed by atoms with Gasteiger partial charge in [-0.2, -0.15) is 0 Å². The molecular weight excluding hydrogens is 1190 g/mol. The first-order chi connectivity index (χ1) is 47.2. The number of esters is 1. The number of carbonyl (C=O) groups is 2. The highest BCUT2D eigenvalue weighted by Gasteiger charge is 2.44. The minimum atomic E-state index is -1.57. The maximum Gasteiger partial charge on any atom is 0.305 e. The van der Waals surface area contributed by atoms with Gasteiger partial charge in [0.1, 0.15) is 24.4 Å². The lowest BCUT2D eigenvalue weighted by atomic mass is 9.99. The molecule has 1 aliphatic rings. The molecule has 1 rings (SSSR count). The Balaban J connectivity index is 1.87. The van der Waals surface area contributed by atoms with Crippen LogP contribution in [-0.4, -0.2) is 100 Å². The summed E-state index contributed by atoms with van der Waals surface area (Å²) in [6.45, 7) is 4.36. The van der Waals surface area contributed by atoms with Crippen LogP contribution in [0, 0.1) is 0 Å². The summed E-state index contributed by atoms with van der Waals surface area (Å²) in [5.41, 5.74) is 0. The average molecular weight is 1350 g/mol. The predicted molar refractivity (Wildman–Crippen MR) is 407 cm³/mol. The number of ether oxygens (including phenoxy) is 3. The summed E-state index contributed by atoms with van der Waals surface area (Å²) in [6, 6.07) is -0.808. The third-order valence-corrected chi connectivity index (χ3v) is 19.6. The Labute approximate surface area is 592 Å².